The Kier molecular flexibility index (Phi) is 4.51. The van der Waals surface area contributed by atoms with Gasteiger partial charge in [0.15, 0.2) is 5.17 Å². The zero-order valence-corrected chi connectivity index (χ0v) is 13.0. The Bertz CT molecular complexity index is 463. The maximum Gasteiger partial charge on any atom is 0.161 e. The summed E-state index contributed by atoms with van der Waals surface area (Å²) < 4.78 is 0. The standard InChI is InChI=1S/C16H23N3S/c1-2-5-15-12-17-16(20-15)18-13-6-8-14(9-7-13)19-10-3-4-11-19/h6-9,15H,2-5,10-12H2,1H3,(H,17,18). The molecule has 1 atom stereocenters. The van der Waals surface area contributed by atoms with Crippen LogP contribution in [0.5, 0.6) is 0 Å². The Balaban J connectivity index is 1.56. The second kappa shape index (κ2) is 6.53. The van der Waals surface area contributed by atoms with Crippen LogP contribution in [0.3, 0.4) is 0 Å². The summed E-state index contributed by atoms with van der Waals surface area (Å²) in [6, 6.07) is 8.78. The zero-order chi connectivity index (χ0) is 13.8. The maximum atomic E-state index is 4.59. The predicted octanol–water partition coefficient (Wildman–Crippen LogP) is 3.97. The number of aliphatic imine (C=N–C) groups is 1. The molecule has 20 heavy (non-hydrogen) atoms. The zero-order valence-electron chi connectivity index (χ0n) is 12.1. The molecule has 0 spiro atoms. The molecule has 2 heterocycles. The fourth-order valence-electron chi connectivity index (χ4n) is 2.81. The van der Waals surface area contributed by atoms with Crippen LogP contribution in [0.2, 0.25) is 0 Å². The molecular formula is C16H23N3S. The topological polar surface area (TPSA) is 27.6 Å². The van der Waals surface area contributed by atoms with Crippen LogP contribution in [-0.4, -0.2) is 30.1 Å². The number of amidine groups is 1. The molecule has 0 aromatic heterocycles. The molecule has 0 saturated carbocycles. The highest BCUT2D eigenvalue weighted by Crippen LogP contribution is 2.27. The van der Waals surface area contributed by atoms with Crippen molar-refractivity contribution >= 4 is 28.3 Å². The summed E-state index contributed by atoms with van der Waals surface area (Å²) in [5.74, 6) is 0. The van der Waals surface area contributed by atoms with Gasteiger partial charge in [-0.1, -0.05) is 25.1 Å². The highest BCUT2D eigenvalue weighted by atomic mass is 32.2. The van der Waals surface area contributed by atoms with Gasteiger partial charge in [0, 0.05) is 29.7 Å². The first-order valence-corrected chi connectivity index (χ1v) is 8.56. The van der Waals surface area contributed by atoms with Crippen LogP contribution in [0.4, 0.5) is 11.4 Å². The van der Waals surface area contributed by atoms with Crippen LogP contribution in [0.25, 0.3) is 0 Å². The molecule has 1 aromatic carbocycles. The molecular weight excluding hydrogens is 266 g/mol. The Hall–Kier alpha value is -1.16. The third kappa shape index (κ3) is 3.29. The highest BCUT2D eigenvalue weighted by molar-refractivity contribution is 8.15. The van der Waals surface area contributed by atoms with Gasteiger partial charge in [-0.2, -0.15) is 0 Å². The van der Waals surface area contributed by atoms with Gasteiger partial charge in [0.2, 0.25) is 0 Å². The van der Waals surface area contributed by atoms with Gasteiger partial charge in [-0.3, -0.25) is 4.99 Å². The third-order valence-electron chi connectivity index (χ3n) is 3.92. The number of hydrogen-bond acceptors (Lipinski definition) is 4. The number of rotatable bonds is 4. The quantitative estimate of drug-likeness (QED) is 0.909. The van der Waals surface area contributed by atoms with E-state index in [1.54, 1.807) is 0 Å². The first-order valence-electron chi connectivity index (χ1n) is 7.68. The molecule has 1 N–H and O–H groups in total. The van der Waals surface area contributed by atoms with Crippen LogP contribution in [0.1, 0.15) is 32.6 Å². The van der Waals surface area contributed by atoms with E-state index in [2.05, 4.69) is 46.4 Å². The van der Waals surface area contributed by atoms with Gasteiger partial charge in [-0.05, 0) is 43.5 Å². The molecule has 1 saturated heterocycles. The van der Waals surface area contributed by atoms with Crippen LogP contribution in [0.15, 0.2) is 29.3 Å². The Morgan fingerprint density at radius 2 is 2.00 bits per heavy atom. The lowest BCUT2D eigenvalue weighted by Gasteiger charge is -2.18. The highest BCUT2D eigenvalue weighted by Gasteiger charge is 2.18. The first-order chi connectivity index (χ1) is 9.85. The van der Waals surface area contributed by atoms with E-state index in [9.17, 15) is 0 Å². The van der Waals surface area contributed by atoms with Gasteiger partial charge in [0.25, 0.3) is 0 Å². The van der Waals surface area contributed by atoms with Crippen molar-refractivity contribution in [2.75, 3.05) is 29.9 Å². The Morgan fingerprint density at radius 3 is 2.70 bits per heavy atom. The molecule has 2 aliphatic rings. The predicted molar refractivity (Wildman–Crippen MR) is 90.1 cm³/mol. The first kappa shape index (κ1) is 13.8. The largest absolute Gasteiger partial charge is 0.372 e. The monoisotopic (exact) mass is 289 g/mol. The summed E-state index contributed by atoms with van der Waals surface area (Å²) in [5.41, 5.74) is 2.49. The minimum absolute atomic E-state index is 0.673. The van der Waals surface area contributed by atoms with E-state index in [1.165, 1.54) is 44.5 Å². The molecule has 1 unspecified atom stereocenters. The van der Waals surface area contributed by atoms with Crippen molar-refractivity contribution in [3.05, 3.63) is 24.3 Å². The SMILES string of the molecule is CCCC1CN=C(Nc2ccc(N3CCCC3)cc2)S1. The lowest BCUT2D eigenvalue weighted by Crippen LogP contribution is -2.17. The van der Waals surface area contributed by atoms with E-state index in [0.29, 0.717) is 5.25 Å². The van der Waals surface area contributed by atoms with Crippen LogP contribution >= 0.6 is 11.8 Å². The molecule has 4 heteroatoms. The van der Waals surface area contributed by atoms with E-state index in [-0.39, 0.29) is 0 Å². The van der Waals surface area contributed by atoms with E-state index < -0.39 is 0 Å². The lowest BCUT2D eigenvalue weighted by atomic mass is 10.2. The molecule has 2 aliphatic heterocycles. The van der Waals surface area contributed by atoms with E-state index in [0.717, 1.165) is 17.4 Å². The fraction of sp³-hybridized carbons (Fsp3) is 0.562. The normalized spacial score (nSPS) is 22.1. The smallest absolute Gasteiger partial charge is 0.161 e. The van der Waals surface area contributed by atoms with E-state index in [1.807, 2.05) is 11.8 Å². The number of anilines is 2. The van der Waals surface area contributed by atoms with Crippen molar-refractivity contribution in [2.45, 2.75) is 37.9 Å². The van der Waals surface area contributed by atoms with Crippen molar-refractivity contribution in [3.8, 4) is 0 Å². The molecule has 0 aliphatic carbocycles. The average molecular weight is 289 g/mol. The second-order valence-electron chi connectivity index (χ2n) is 5.54. The van der Waals surface area contributed by atoms with Crippen LogP contribution in [0, 0.1) is 0 Å². The molecule has 1 aromatic rings. The minimum atomic E-state index is 0.673. The van der Waals surface area contributed by atoms with E-state index >= 15 is 0 Å². The summed E-state index contributed by atoms with van der Waals surface area (Å²) >= 11 is 1.89. The Morgan fingerprint density at radius 1 is 1.25 bits per heavy atom. The lowest BCUT2D eigenvalue weighted by molar-refractivity contribution is 0.754. The van der Waals surface area contributed by atoms with Crippen molar-refractivity contribution in [1.82, 2.24) is 0 Å². The average Bonchev–Trinajstić information content (AvgIpc) is 3.12. The number of thioether (sulfide) groups is 1. The Labute approximate surface area is 125 Å². The molecule has 0 amide bonds. The summed E-state index contributed by atoms with van der Waals surface area (Å²) in [4.78, 5) is 7.05. The maximum absolute atomic E-state index is 4.59. The molecule has 3 nitrogen and oxygen atoms in total. The van der Waals surface area contributed by atoms with E-state index in [4.69, 9.17) is 0 Å². The summed E-state index contributed by atoms with van der Waals surface area (Å²) in [7, 11) is 0. The molecule has 3 rings (SSSR count). The van der Waals surface area contributed by atoms with Gasteiger partial charge in [-0.15, -0.1) is 0 Å². The second-order valence-corrected chi connectivity index (χ2v) is 6.83. The number of nitrogens with one attached hydrogen (secondary N) is 1. The van der Waals surface area contributed by atoms with Crippen molar-refractivity contribution in [2.24, 2.45) is 4.99 Å². The third-order valence-corrected chi connectivity index (χ3v) is 5.09. The van der Waals surface area contributed by atoms with Gasteiger partial charge in [-0.25, -0.2) is 0 Å². The van der Waals surface area contributed by atoms with Crippen LogP contribution in [-0.2, 0) is 0 Å². The summed E-state index contributed by atoms with van der Waals surface area (Å²) in [5, 5.41) is 5.19. The summed E-state index contributed by atoms with van der Waals surface area (Å²) in [6.07, 6.45) is 5.15. The molecule has 0 radical (unpaired) electrons. The van der Waals surface area contributed by atoms with Gasteiger partial charge >= 0.3 is 0 Å². The summed E-state index contributed by atoms with van der Waals surface area (Å²) in [6.45, 7) is 5.61. The van der Waals surface area contributed by atoms with Crippen molar-refractivity contribution in [1.29, 1.82) is 0 Å². The fourth-order valence-corrected chi connectivity index (χ4v) is 3.96. The number of nitrogens with zero attached hydrogens (tertiary/aromatic N) is 2. The molecule has 0 bridgehead atoms. The van der Waals surface area contributed by atoms with Crippen molar-refractivity contribution < 1.29 is 0 Å². The molecule has 108 valence electrons. The van der Waals surface area contributed by atoms with Gasteiger partial charge < -0.3 is 10.2 Å². The number of hydrogen-bond donors (Lipinski definition) is 1. The van der Waals surface area contributed by atoms with Crippen LogP contribution < -0.4 is 10.2 Å². The number of benzene rings is 1. The van der Waals surface area contributed by atoms with Crippen molar-refractivity contribution in [3.63, 3.8) is 0 Å². The molecule has 1 fully saturated rings. The van der Waals surface area contributed by atoms with Gasteiger partial charge in [0.05, 0.1) is 6.54 Å². The van der Waals surface area contributed by atoms with Gasteiger partial charge in [0.1, 0.15) is 0 Å². The minimum Gasteiger partial charge on any atom is -0.372 e.